The molecule has 3 nitrogen and oxygen atoms in total. The van der Waals surface area contributed by atoms with Crippen LogP contribution < -0.4 is 0 Å². The normalized spacial score (nSPS) is 29.4. The Morgan fingerprint density at radius 2 is 2.24 bits per heavy atom. The molecule has 3 atom stereocenters. The molecule has 1 aliphatic heterocycles. The van der Waals surface area contributed by atoms with Crippen LogP contribution in [0.25, 0.3) is 0 Å². The molecule has 17 heavy (non-hydrogen) atoms. The molecular formula is C14H18O3. The summed E-state index contributed by atoms with van der Waals surface area (Å²) in [5, 5.41) is 10.2. The summed E-state index contributed by atoms with van der Waals surface area (Å²) < 4.78 is 11.0. The number of hydrogen-bond donors (Lipinski definition) is 1. The van der Waals surface area contributed by atoms with Crippen LogP contribution in [0.4, 0.5) is 0 Å². The number of rotatable bonds is 3. The molecular weight excluding hydrogens is 216 g/mol. The largest absolute Gasteiger partial charge is 0.501 e. The fourth-order valence-corrected chi connectivity index (χ4v) is 2.40. The molecule has 2 aliphatic rings. The third-order valence-corrected chi connectivity index (χ3v) is 3.71. The summed E-state index contributed by atoms with van der Waals surface area (Å²) in [6.45, 7) is 2.97. The van der Waals surface area contributed by atoms with Gasteiger partial charge in [-0.25, -0.2) is 0 Å². The van der Waals surface area contributed by atoms with Crippen molar-refractivity contribution in [3.8, 4) is 0 Å². The molecule has 0 aromatic carbocycles. The zero-order valence-corrected chi connectivity index (χ0v) is 10.1. The van der Waals surface area contributed by atoms with Gasteiger partial charge in [0.15, 0.2) is 0 Å². The highest BCUT2D eigenvalue weighted by Crippen LogP contribution is 2.47. The van der Waals surface area contributed by atoms with E-state index in [1.807, 2.05) is 12.1 Å². The quantitative estimate of drug-likeness (QED) is 0.873. The molecule has 3 rings (SSSR count). The molecule has 1 aromatic heterocycles. The van der Waals surface area contributed by atoms with Gasteiger partial charge < -0.3 is 14.3 Å². The van der Waals surface area contributed by atoms with E-state index in [2.05, 4.69) is 6.92 Å². The molecule has 1 N–H and O–H groups in total. The van der Waals surface area contributed by atoms with Gasteiger partial charge in [-0.3, -0.25) is 0 Å². The Labute approximate surface area is 101 Å². The van der Waals surface area contributed by atoms with Crippen molar-refractivity contribution in [2.24, 2.45) is 5.92 Å². The van der Waals surface area contributed by atoms with Gasteiger partial charge in [0.05, 0.1) is 12.9 Å². The molecule has 1 saturated carbocycles. The Balaban J connectivity index is 1.74. The van der Waals surface area contributed by atoms with Gasteiger partial charge in [0.1, 0.15) is 17.6 Å². The van der Waals surface area contributed by atoms with Crippen LogP contribution >= 0.6 is 0 Å². The van der Waals surface area contributed by atoms with Crippen LogP contribution in [0.15, 0.2) is 28.4 Å². The summed E-state index contributed by atoms with van der Waals surface area (Å²) >= 11 is 0. The third kappa shape index (κ3) is 2.12. The fourth-order valence-electron chi connectivity index (χ4n) is 2.40. The first-order chi connectivity index (χ1) is 8.25. The molecule has 92 valence electrons. The fraction of sp³-hybridized carbons (Fsp3) is 0.571. The van der Waals surface area contributed by atoms with Crippen molar-refractivity contribution in [3.05, 3.63) is 35.5 Å². The Hall–Kier alpha value is -1.22. The van der Waals surface area contributed by atoms with Crippen LogP contribution in [0.3, 0.4) is 0 Å². The van der Waals surface area contributed by atoms with E-state index in [9.17, 15) is 5.11 Å². The van der Waals surface area contributed by atoms with Crippen molar-refractivity contribution >= 4 is 0 Å². The van der Waals surface area contributed by atoms with Crippen molar-refractivity contribution < 1.29 is 14.3 Å². The lowest BCUT2D eigenvalue weighted by atomic mass is 10.0. The van der Waals surface area contributed by atoms with E-state index in [0.717, 1.165) is 36.7 Å². The first-order valence-corrected chi connectivity index (χ1v) is 6.34. The molecule has 1 fully saturated rings. The van der Waals surface area contributed by atoms with E-state index in [4.69, 9.17) is 9.15 Å². The summed E-state index contributed by atoms with van der Waals surface area (Å²) in [6.07, 6.45) is 4.09. The van der Waals surface area contributed by atoms with Gasteiger partial charge in [-0.2, -0.15) is 0 Å². The molecule has 0 radical (unpaired) electrons. The topological polar surface area (TPSA) is 42.6 Å². The van der Waals surface area contributed by atoms with Gasteiger partial charge in [0, 0.05) is 11.5 Å². The lowest BCUT2D eigenvalue weighted by Crippen LogP contribution is -2.07. The summed E-state index contributed by atoms with van der Waals surface area (Å²) in [5.74, 6) is 2.95. The van der Waals surface area contributed by atoms with Gasteiger partial charge in [0.2, 0.25) is 0 Å². The predicted octanol–water partition coefficient (Wildman–Crippen LogP) is 3.13. The van der Waals surface area contributed by atoms with Crippen LogP contribution in [0.1, 0.15) is 49.7 Å². The lowest BCUT2D eigenvalue weighted by Gasteiger charge is -2.17. The molecule has 0 amide bonds. The Morgan fingerprint density at radius 1 is 1.41 bits per heavy atom. The van der Waals surface area contributed by atoms with Crippen molar-refractivity contribution in [1.82, 2.24) is 0 Å². The Morgan fingerprint density at radius 3 is 2.88 bits per heavy atom. The zero-order valence-electron chi connectivity index (χ0n) is 10.1. The molecule has 1 aliphatic carbocycles. The van der Waals surface area contributed by atoms with E-state index in [0.29, 0.717) is 11.7 Å². The lowest BCUT2D eigenvalue weighted by molar-refractivity contribution is 0.151. The summed E-state index contributed by atoms with van der Waals surface area (Å²) in [5.41, 5.74) is 0.918. The van der Waals surface area contributed by atoms with Crippen LogP contribution in [0.5, 0.6) is 0 Å². The maximum absolute atomic E-state index is 10.2. The minimum atomic E-state index is -0.641. The molecule has 1 aromatic rings. The average Bonchev–Trinajstić information content (AvgIpc) is 2.92. The molecule has 3 heteroatoms. The highest BCUT2D eigenvalue weighted by Gasteiger charge is 2.37. The highest BCUT2D eigenvalue weighted by molar-refractivity contribution is 5.23. The SMILES string of the molecule is CC1CC1c1ccc(C(O)C2=COCCC2)o1. The molecule has 0 spiro atoms. The van der Waals surface area contributed by atoms with Gasteiger partial charge in [-0.1, -0.05) is 6.92 Å². The van der Waals surface area contributed by atoms with Gasteiger partial charge in [-0.05, 0) is 37.3 Å². The smallest absolute Gasteiger partial charge is 0.137 e. The zero-order chi connectivity index (χ0) is 11.8. The van der Waals surface area contributed by atoms with Crippen LogP contribution in [-0.2, 0) is 4.74 Å². The summed E-state index contributed by atoms with van der Waals surface area (Å²) in [6, 6.07) is 3.89. The van der Waals surface area contributed by atoms with E-state index in [1.54, 1.807) is 6.26 Å². The van der Waals surface area contributed by atoms with Crippen molar-refractivity contribution in [2.45, 2.75) is 38.2 Å². The van der Waals surface area contributed by atoms with Crippen LogP contribution in [0, 0.1) is 5.92 Å². The summed E-state index contributed by atoms with van der Waals surface area (Å²) in [4.78, 5) is 0. The Kier molecular flexibility index (Phi) is 2.71. The van der Waals surface area contributed by atoms with E-state index in [1.165, 1.54) is 6.42 Å². The van der Waals surface area contributed by atoms with Gasteiger partial charge in [0.25, 0.3) is 0 Å². The number of aliphatic hydroxyl groups is 1. The van der Waals surface area contributed by atoms with E-state index >= 15 is 0 Å². The van der Waals surface area contributed by atoms with Crippen LogP contribution in [-0.4, -0.2) is 11.7 Å². The first kappa shape index (κ1) is 10.9. The maximum Gasteiger partial charge on any atom is 0.137 e. The number of hydrogen-bond acceptors (Lipinski definition) is 3. The number of ether oxygens (including phenoxy) is 1. The third-order valence-electron chi connectivity index (χ3n) is 3.71. The van der Waals surface area contributed by atoms with E-state index in [-0.39, 0.29) is 0 Å². The Bertz CT molecular complexity index is 432. The minimum Gasteiger partial charge on any atom is -0.501 e. The van der Waals surface area contributed by atoms with Crippen molar-refractivity contribution in [2.75, 3.05) is 6.61 Å². The molecule has 2 heterocycles. The standard InChI is InChI=1S/C14H18O3/c1-9-7-11(9)12-4-5-13(17-12)14(15)10-3-2-6-16-8-10/h4-5,8-9,11,14-15H,2-3,6-7H2,1H3. The number of aliphatic hydroxyl groups excluding tert-OH is 1. The monoisotopic (exact) mass is 234 g/mol. The molecule has 0 saturated heterocycles. The molecule has 3 unspecified atom stereocenters. The maximum atomic E-state index is 10.2. The molecule has 0 bridgehead atoms. The first-order valence-electron chi connectivity index (χ1n) is 6.34. The van der Waals surface area contributed by atoms with Gasteiger partial charge in [-0.15, -0.1) is 0 Å². The number of furan rings is 1. The predicted molar refractivity (Wildman–Crippen MR) is 63.5 cm³/mol. The van der Waals surface area contributed by atoms with Gasteiger partial charge >= 0.3 is 0 Å². The van der Waals surface area contributed by atoms with E-state index < -0.39 is 6.10 Å². The average molecular weight is 234 g/mol. The van der Waals surface area contributed by atoms with Crippen molar-refractivity contribution in [3.63, 3.8) is 0 Å². The van der Waals surface area contributed by atoms with Crippen molar-refractivity contribution in [1.29, 1.82) is 0 Å². The summed E-state index contributed by atoms with van der Waals surface area (Å²) in [7, 11) is 0. The highest BCUT2D eigenvalue weighted by atomic mass is 16.5. The second kappa shape index (κ2) is 4.22. The van der Waals surface area contributed by atoms with Crippen LogP contribution in [0.2, 0.25) is 0 Å². The second-order valence-corrected chi connectivity index (χ2v) is 5.13. The minimum absolute atomic E-state index is 0.563. The second-order valence-electron chi connectivity index (χ2n) is 5.13.